The molecule has 0 N–H and O–H groups in total. The van der Waals surface area contributed by atoms with Gasteiger partial charge < -0.3 is 4.74 Å². The number of carbonyl (C=O) groups excluding carboxylic acids is 1. The van der Waals surface area contributed by atoms with E-state index in [-0.39, 0.29) is 24.2 Å². The molecule has 0 fully saturated rings. The van der Waals surface area contributed by atoms with E-state index < -0.39 is 7.26 Å². The lowest BCUT2D eigenvalue weighted by molar-refractivity contribution is 0.0514. The van der Waals surface area contributed by atoms with Gasteiger partial charge in [-0.2, -0.15) is 0 Å². The summed E-state index contributed by atoms with van der Waals surface area (Å²) in [5.41, 5.74) is 1.65. The highest BCUT2D eigenvalue weighted by Crippen LogP contribution is 2.68. The molecule has 1 unspecified atom stereocenters. The van der Waals surface area contributed by atoms with E-state index in [2.05, 4.69) is 72.8 Å². The Kier molecular flexibility index (Phi) is 5.72. The summed E-state index contributed by atoms with van der Waals surface area (Å²) in [4.78, 5) is 12.8. The van der Waals surface area contributed by atoms with Crippen LogP contribution in [0, 0.1) is 0 Å². The SMILES string of the molecule is Cl.O=C1OC([P](c2ccccc2)(c2ccccc2)c2ccccc2)c2ccccc21. The van der Waals surface area contributed by atoms with Crippen LogP contribution in [0.25, 0.3) is 0 Å². The fraction of sp³-hybridized carbons (Fsp3) is 0.0385. The third-order valence-corrected chi connectivity index (χ3v) is 9.93. The number of halogens is 1. The van der Waals surface area contributed by atoms with Gasteiger partial charge in [0.25, 0.3) is 0 Å². The third-order valence-electron chi connectivity index (χ3n) is 5.51. The highest BCUT2D eigenvalue weighted by Gasteiger charge is 2.49. The lowest BCUT2D eigenvalue weighted by Crippen LogP contribution is -2.35. The monoisotopic (exact) mass is 431 g/mol. The number of carbonyl (C=O) groups is 1. The van der Waals surface area contributed by atoms with E-state index in [1.54, 1.807) is 0 Å². The van der Waals surface area contributed by atoms with Crippen LogP contribution in [0.5, 0.6) is 0 Å². The molecule has 0 aromatic heterocycles. The van der Waals surface area contributed by atoms with Gasteiger partial charge in [-0.3, -0.25) is 0 Å². The standard InChI is InChI=1S/C26H20O2P.ClH/c27-25-23-18-10-11-19-24(23)26(28-25)29(20-12-4-1-5-13-20,21-14-6-2-7-15-21)22-16-8-3-9-17-22;/h1-19,26H;1H. The molecule has 2 nitrogen and oxygen atoms in total. The van der Waals surface area contributed by atoms with Gasteiger partial charge in [-0.15, -0.1) is 12.4 Å². The number of hydrogen-bond acceptors (Lipinski definition) is 2. The maximum Gasteiger partial charge on any atom is 0.339 e. The zero-order valence-electron chi connectivity index (χ0n) is 16.2. The number of rotatable bonds is 4. The summed E-state index contributed by atoms with van der Waals surface area (Å²) >= 11 is 0. The Bertz CT molecular complexity index is 1050. The van der Waals surface area contributed by atoms with Crippen molar-refractivity contribution in [3.8, 4) is 0 Å². The minimum absolute atomic E-state index is 0. The van der Waals surface area contributed by atoms with Gasteiger partial charge in [0.15, 0.2) is 5.85 Å². The predicted octanol–water partition coefficient (Wildman–Crippen LogP) is 5.27. The highest BCUT2D eigenvalue weighted by atomic mass is 35.5. The number of benzene rings is 4. The Labute approximate surface area is 183 Å². The van der Waals surface area contributed by atoms with Crippen molar-refractivity contribution in [3.05, 3.63) is 126 Å². The Morgan fingerprint density at radius 2 is 0.967 bits per heavy atom. The lowest BCUT2D eigenvalue weighted by Gasteiger charge is -2.42. The van der Waals surface area contributed by atoms with Gasteiger partial charge in [0.2, 0.25) is 0 Å². The summed E-state index contributed by atoms with van der Waals surface area (Å²) in [5, 5.41) is 3.60. The van der Waals surface area contributed by atoms with E-state index in [0.29, 0.717) is 5.56 Å². The minimum atomic E-state index is -2.31. The van der Waals surface area contributed by atoms with Crippen LogP contribution in [0.4, 0.5) is 0 Å². The van der Waals surface area contributed by atoms with Crippen LogP contribution in [0.3, 0.4) is 0 Å². The third kappa shape index (κ3) is 3.13. The van der Waals surface area contributed by atoms with Crippen molar-refractivity contribution >= 4 is 41.6 Å². The number of ether oxygens (including phenoxy) is 1. The van der Waals surface area contributed by atoms with Gasteiger partial charge in [-0.25, -0.2) is 4.79 Å². The Morgan fingerprint density at radius 1 is 0.567 bits per heavy atom. The average Bonchev–Trinajstić information content (AvgIpc) is 3.14. The fourth-order valence-electron chi connectivity index (χ4n) is 4.26. The van der Waals surface area contributed by atoms with E-state index in [1.165, 1.54) is 15.9 Å². The second kappa shape index (κ2) is 8.44. The van der Waals surface area contributed by atoms with Crippen molar-refractivity contribution < 1.29 is 9.53 Å². The second-order valence-electron chi connectivity index (χ2n) is 7.07. The van der Waals surface area contributed by atoms with Gasteiger partial charge in [0.05, 0.1) is 5.56 Å². The Balaban J connectivity index is 0.00000218. The molecule has 1 atom stereocenters. The maximum absolute atomic E-state index is 12.8. The van der Waals surface area contributed by atoms with Crippen LogP contribution >= 0.6 is 19.7 Å². The summed E-state index contributed by atoms with van der Waals surface area (Å²) in [6.45, 7) is 0. The number of cyclic esters (lactones) is 1. The van der Waals surface area contributed by atoms with Crippen molar-refractivity contribution in [1.29, 1.82) is 0 Å². The number of esters is 1. The van der Waals surface area contributed by atoms with Crippen LogP contribution in [-0.4, -0.2) is 5.97 Å². The molecule has 1 aliphatic rings. The first-order chi connectivity index (χ1) is 14.3. The summed E-state index contributed by atoms with van der Waals surface area (Å²) in [6, 6.07) is 39.3. The summed E-state index contributed by atoms with van der Waals surface area (Å²) < 4.78 is 6.17. The number of hydrogen-bond donors (Lipinski definition) is 0. The number of fused-ring (bicyclic) bond motifs is 1. The van der Waals surface area contributed by atoms with Crippen molar-refractivity contribution in [2.75, 3.05) is 0 Å². The van der Waals surface area contributed by atoms with E-state index >= 15 is 0 Å². The molecule has 30 heavy (non-hydrogen) atoms. The van der Waals surface area contributed by atoms with Gasteiger partial charge in [-0.1, -0.05) is 109 Å². The van der Waals surface area contributed by atoms with Gasteiger partial charge in [0.1, 0.15) is 0 Å². The molecule has 4 heteroatoms. The van der Waals surface area contributed by atoms with Gasteiger partial charge >= 0.3 is 5.97 Å². The molecule has 0 saturated heterocycles. The maximum atomic E-state index is 12.8. The molecule has 0 spiro atoms. The normalized spacial score (nSPS) is 15.1. The zero-order valence-corrected chi connectivity index (χ0v) is 17.9. The lowest BCUT2D eigenvalue weighted by atomic mass is 10.1. The van der Waals surface area contributed by atoms with E-state index in [9.17, 15) is 4.79 Å². The minimum Gasteiger partial charge on any atom is -0.449 e. The molecule has 149 valence electrons. The molecule has 0 bridgehead atoms. The van der Waals surface area contributed by atoms with Crippen molar-refractivity contribution in [2.45, 2.75) is 5.85 Å². The molecule has 0 saturated carbocycles. The average molecular weight is 432 g/mol. The first kappa shape index (κ1) is 20.3. The first-order valence-electron chi connectivity index (χ1n) is 9.67. The zero-order chi connectivity index (χ0) is 19.7. The quantitative estimate of drug-likeness (QED) is 0.325. The molecule has 4 aromatic rings. The van der Waals surface area contributed by atoms with Crippen LogP contribution in [0.15, 0.2) is 115 Å². The molecule has 1 radical (unpaired) electrons. The molecular formula is C26H21ClO2P. The molecule has 5 rings (SSSR count). The largest absolute Gasteiger partial charge is 0.449 e. The predicted molar refractivity (Wildman–Crippen MR) is 127 cm³/mol. The van der Waals surface area contributed by atoms with Gasteiger partial charge in [-0.05, 0) is 22.0 Å². The second-order valence-corrected chi connectivity index (χ2v) is 10.5. The fourth-order valence-corrected chi connectivity index (χ4v) is 8.79. The van der Waals surface area contributed by atoms with Crippen LogP contribution in [0.1, 0.15) is 21.8 Å². The van der Waals surface area contributed by atoms with Crippen LogP contribution < -0.4 is 15.9 Å². The molecule has 1 heterocycles. The first-order valence-corrected chi connectivity index (χ1v) is 11.5. The van der Waals surface area contributed by atoms with Gasteiger partial charge in [0, 0.05) is 12.8 Å². The Hall–Kier alpha value is -2.93. The van der Waals surface area contributed by atoms with Crippen LogP contribution in [0.2, 0.25) is 0 Å². The Morgan fingerprint density at radius 3 is 1.43 bits per heavy atom. The summed E-state index contributed by atoms with van der Waals surface area (Å²) in [5.74, 6) is -0.587. The van der Waals surface area contributed by atoms with Crippen molar-refractivity contribution in [1.82, 2.24) is 0 Å². The van der Waals surface area contributed by atoms with Crippen molar-refractivity contribution in [2.24, 2.45) is 0 Å². The summed E-state index contributed by atoms with van der Waals surface area (Å²) in [7, 11) is -2.31. The van der Waals surface area contributed by atoms with E-state index in [4.69, 9.17) is 4.74 Å². The molecule has 0 aliphatic carbocycles. The van der Waals surface area contributed by atoms with E-state index in [1.807, 2.05) is 42.5 Å². The summed E-state index contributed by atoms with van der Waals surface area (Å²) in [6.07, 6.45) is 0. The molecule has 0 amide bonds. The highest BCUT2D eigenvalue weighted by molar-refractivity contribution is 7.95. The van der Waals surface area contributed by atoms with Crippen molar-refractivity contribution in [3.63, 3.8) is 0 Å². The van der Waals surface area contributed by atoms with Crippen LogP contribution in [-0.2, 0) is 4.74 Å². The smallest absolute Gasteiger partial charge is 0.339 e. The molecule has 4 aromatic carbocycles. The topological polar surface area (TPSA) is 26.3 Å². The molecule has 1 aliphatic heterocycles. The van der Waals surface area contributed by atoms with E-state index in [0.717, 1.165) is 5.56 Å². The molecular weight excluding hydrogens is 411 g/mol.